The largest absolute Gasteiger partial charge is 0.457 e. The third-order valence-electron chi connectivity index (χ3n) is 3.66. The van der Waals surface area contributed by atoms with Crippen LogP contribution in [0.3, 0.4) is 0 Å². The second kappa shape index (κ2) is 8.48. The summed E-state index contributed by atoms with van der Waals surface area (Å²) in [5, 5.41) is 10.9. The van der Waals surface area contributed by atoms with Crippen molar-refractivity contribution in [1.29, 1.82) is 0 Å². The highest BCUT2D eigenvalue weighted by Gasteiger charge is 2.17. The Morgan fingerprint density at radius 1 is 1.08 bits per heavy atom. The molecule has 0 spiro atoms. The molecular weight excluding hydrogens is 358 g/mol. The van der Waals surface area contributed by atoms with Crippen LogP contribution in [0.4, 0.5) is 5.69 Å². The lowest BCUT2D eigenvalue weighted by molar-refractivity contribution is -0.385. The summed E-state index contributed by atoms with van der Waals surface area (Å²) < 4.78 is 4.87. The molecule has 0 bridgehead atoms. The summed E-state index contributed by atoms with van der Waals surface area (Å²) in [6.45, 7) is 2.93. The quantitative estimate of drug-likeness (QED) is 0.302. The van der Waals surface area contributed by atoms with E-state index in [9.17, 15) is 24.5 Å². The summed E-state index contributed by atoms with van der Waals surface area (Å²) in [5.74, 6) is -1.36. The van der Waals surface area contributed by atoms with Crippen LogP contribution in [0, 0.1) is 24.0 Å². The fraction of sp³-hybridized carbons (Fsp3) is 0.278. The van der Waals surface area contributed by atoms with Gasteiger partial charge in [0.1, 0.15) is 0 Å². The summed E-state index contributed by atoms with van der Waals surface area (Å²) in [4.78, 5) is 47.6. The van der Waals surface area contributed by atoms with Crippen molar-refractivity contribution in [2.45, 2.75) is 26.7 Å². The minimum Gasteiger partial charge on any atom is -0.457 e. The van der Waals surface area contributed by atoms with Crippen LogP contribution >= 0.6 is 11.3 Å². The van der Waals surface area contributed by atoms with Gasteiger partial charge in [-0.3, -0.25) is 24.5 Å². The van der Waals surface area contributed by atoms with Crippen LogP contribution in [0.1, 0.15) is 43.3 Å². The molecular formula is C18H17NO6S. The number of hydrogen-bond acceptors (Lipinski definition) is 7. The van der Waals surface area contributed by atoms with Gasteiger partial charge in [0.05, 0.1) is 16.2 Å². The molecule has 2 aromatic rings. The zero-order valence-corrected chi connectivity index (χ0v) is 15.1. The first-order valence-corrected chi connectivity index (χ1v) is 8.63. The monoisotopic (exact) mass is 375 g/mol. The maximum Gasteiger partial charge on any atom is 0.306 e. The van der Waals surface area contributed by atoms with E-state index in [1.807, 2.05) is 13.0 Å². The predicted octanol–water partition coefficient (Wildman–Crippen LogP) is 3.66. The number of Topliss-reactive ketones (excluding diaryl/α,β-unsaturated/α-hetero) is 2. The second-order valence-corrected chi connectivity index (χ2v) is 6.96. The molecule has 0 atom stereocenters. The van der Waals surface area contributed by atoms with Crippen LogP contribution in [-0.2, 0) is 9.53 Å². The molecule has 0 radical (unpaired) electrons. The van der Waals surface area contributed by atoms with Crippen molar-refractivity contribution in [3.8, 4) is 0 Å². The number of ether oxygens (including phenoxy) is 1. The summed E-state index contributed by atoms with van der Waals surface area (Å²) in [5.41, 5.74) is 0.366. The van der Waals surface area contributed by atoms with Gasteiger partial charge in [0.15, 0.2) is 12.4 Å². The number of nitrogens with zero attached hydrogens (tertiary/aromatic N) is 1. The average Bonchev–Trinajstić information content (AvgIpc) is 3.04. The first kappa shape index (κ1) is 19.5. The van der Waals surface area contributed by atoms with Crippen molar-refractivity contribution >= 4 is 34.6 Å². The zero-order chi connectivity index (χ0) is 19.3. The first-order valence-electron chi connectivity index (χ1n) is 7.81. The fourth-order valence-electron chi connectivity index (χ4n) is 2.20. The maximum absolute atomic E-state index is 12.0. The highest BCUT2D eigenvalue weighted by atomic mass is 32.1. The Morgan fingerprint density at radius 2 is 1.81 bits per heavy atom. The number of esters is 1. The molecule has 8 heteroatoms. The highest BCUT2D eigenvalue weighted by Crippen LogP contribution is 2.20. The summed E-state index contributed by atoms with van der Waals surface area (Å²) in [6.07, 6.45) is -0.125. The number of hydrogen-bond donors (Lipinski definition) is 0. The Hall–Kier alpha value is -2.87. The number of carbonyl (C=O) groups is 3. The lowest BCUT2D eigenvalue weighted by Gasteiger charge is -2.05. The van der Waals surface area contributed by atoms with E-state index >= 15 is 0 Å². The van der Waals surface area contributed by atoms with E-state index in [4.69, 9.17) is 4.74 Å². The van der Waals surface area contributed by atoms with Crippen LogP contribution in [0.5, 0.6) is 0 Å². The van der Waals surface area contributed by atoms with Crippen LogP contribution < -0.4 is 0 Å². The number of nitro groups is 1. The van der Waals surface area contributed by atoms with Crippen molar-refractivity contribution in [2.75, 3.05) is 6.61 Å². The molecule has 0 aliphatic heterocycles. The van der Waals surface area contributed by atoms with Gasteiger partial charge in [0.2, 0.25) is 5.78 Å². The number of benzene rings is 1. The third-order valence-corrected chi connectivity index (χ3v) is 4.71. The van der Waals surface area contributed by atoms with E-state index in [0.29, 0.717) is 10.4 Å². The highest BCUT2D eigenvalue weighted by molar-refractivity contribution is 7.14. The summed E-state index contributed by atoms with van der Waals surface area (Å²) in [7, 11) is 0. The van der Waals surface area contributed by atoms with E-state index in [1.165, 1.54) is 23.5 Å². The number of rotatable bonds is 8. The van der Waals surface area contributed by atoms with Crippen LogP contribution in [0.25, 0.3) is 0 Å². The van der Waals surface area contributed by atoms with Gasteiger partial charge in [-0.15, -0.1) is 11.3 Å². The van der Waals surface area contributed by atoms with E-state index in [0.717, 1.165) is 10.9 Å². The lowest BCUT2D eigenvalue weighted by Crippen LogP contribution is -2.15. The Labute approximate surface area is 153 Å². The molecule has 26 heavy (non-hydrogen) atoms. The van der Waals surface area contributed by atoms with Gasteiger partial charge in [-0.2, -0.15) is 0 Å². The molecule has 0 N–H and O–H groups in total. The molecule has 0 fully saturated rings. The number of nitro benzene ring substituents is 1. The molecule has 1 aromatic carbocycles. The number of thiophene rings is 1. The van der Waals surface area contributed by atoms with Gasteiger partial charge in [-0.1, -0.05) is 12.1 Å². The number of aryl methyl sites for hydroxylation is 2. The lowest BCUT2D eigenvalue weighted by atomic mass is 10.1. The smallest absolute Gasteiger partial charge is 0.306 e. The normalized spacial score (nSPS) is 10.4. The molecule has 1 aromatic heterocycles. The third kappa shape index (κ3) is 5.06. The molecule has 0 unspecified atom stereocenters. The summed E-state index contributed by atoms with van der Waals surface area (Å²) >= 11 is 1.36. The molecule has 1 heterocycles. The Kier molecular flexibility index (Phi) is 6.35. The Bertz CT molecular complexity index is 870. The molecule has 7 nitrogen and oxygen atoms in total. The van der Waals surface area contributed by atoms with Gasteiger partial charge in [-0.05, 0) is 26.0 Å². The minimum atomic E-state index is -0.665. The Balaban J connectivity index is 1.85. The Morgan fingerprint density at radius 3 is 2.42 bits per heavy atom. The van der Waals surface area contributed by atoms with Crippen molar-refractivity contribution < 1.29 is 24.0 Å². The first-order chi connectivity index (χ1) is 12.3. The van der Waals surface area contributed by atoms with Gasteiger partial charge < -0.3 is 4.74 Å². The zero-order valence-electron chi connectivity index (χ0n) is 14.3. The predicted molar refractivity (Wildman–Crippen MR) is 95.7 cm³/mol. The van der Waals surface area contributed by atoms with Crippen LogP contribution in [-0.4, -0.2) is 29.1 Å². The minimum absolute atomic E-state index is 0.00296. The van der Waals surface area contributed by atoms with E-state index in [2.05, 4.69) is 0 Å². The van der Waals surface area contributed by atoms with E-state index < -0.39 is 23.3 Å². The standard InChI is InChI=1S/C18H17NO6S/c1-11-3-5-13(9-14(11)19(23)24)16(21)10-25-18(22)8-6-15(20)17-7-4-12(2)26-17/h3-5,7,9H,6,8,10H2,1-2H3. The van der Waals surface area contributed by atoms with Crippen LogP contribution in [0.15, 0.2) is 30.3 Å². The van der Waals surface area contributed by atoms with Gasteiger partial charge >= 0.3 is 5.97 Å². The molecule has 2 rings (SSSR count). The molecule has 0 amide bonds. The molecule has 0 aliphatic rings. The van der Waals surface area contributed by atoms with Crippen molar-refractivity contribution in [3.05, 3.63) is 61.3 Å². The van der Waals surface area contributed by atoms with Gasteiger partial charge in [0.25, 0.3) is 5.69 Å². The SMILES string of the molecule is Cc1ccc(C(=O)CCC(=O)OCC(=O)c2ccc(C)c([N+](=O)[O-])c2)s1. The van der Waals surface area contributed by atoms with Gasteiger partial charge in [-0.25, -0.2) is 0 Å². The molecule has 0 saturated heterocycles. The molecule has 0 saturated carbocycles. The fourth-order valence-corrected chi connectivity index (χ4v) is 3.04. The van der Waals surface area contributed by atoms with Gasteiger partial charge in [0, 0.05) is 28.5 Å². The second-order valence-electron chi connectivity index (χ2n) is 5.68. The molecule has 136 valence electrons. The topological polar surface area (TPSA) is 104 Å². The van der Waals surface area contributed by atoms with Crippen LogP contribution in [0.2, 0.25) is 0 Å². The number of carbonyl (C=O) groups excluding carboxylic acids is 3. The maximum atomic E-state index is 12.0. The van der Waals surface area contributed by atoms with E-state index in [1.54, 1.807) is 13.0 Å². The van der Waals surface area contributed by atoms with Crippen molar-refractivity contribution in [1.82, 2.24) is 0 Å². The van der Waals surface area contributed by atoms with Crippen molar-refractivity contribution in [2.24, 2.45) is 0 Å². The average molecular weight is 375 g/mol. The van der Waals surface area contributed by atoms with Crippen molar-refractivity contribution in [3.63, 3.8) is 0 Å². The number of ketones is 2. The summed E-state index contributed by atoms with van der Waals surface area (Å²) in [6, 6.07) is 7.61. The van der Waals surface area contributed by atoms with E-state index in [-0.39, 0.29) is 29.9 Å². The molecule has 0 aliphatic carbocycles.